The molecule has 10 rings (SSSR count). The summed E-state index contributed by atoms with van der Waals surface area (Å²) in [6.07, 6.45) is 3.20. The number of ketones is 3. The predicted molar refractivity (Wildman–Crippen MR) is 333 cm³/mol. The zero-order valence-corrected chi connectivity index (χ0v) is 50.8. The number of ether oxygens (including phenoxy) is 3. The van der Waals surface area contributed by atoms with Gasteiger partial charge in [-0.2, -0.15) is 43.4 Å². The van der Waals surface area contributed by atoms with E-state index in [1.54, 1.807) is 45.0 Å². The van der Waals surface area contributed by atoms with Crippen LogP contribution < -0.4 is 31.0 Å². The molecule has 0 spiro atoms. The first-order valence-electron chi connectivity index (χ1n) is 28.5. The monoisotopic (exact) mass is 1300 g/mol. The summed E-state index contributed by atoms with van der Waals surface area (Å²) in [5.41, 5.74) is 11.6. The van der Waals surface area contributed by atoms with Crippen molar-refractivity contribution in [3.63, 3.8) is 0 Å². The van der Waals surface area contributed by atoms with Gasteiger partial charge in [-0.25, -0.2) is 49.4 Å². The second-order valence-electron chi connectivity index (χ2n) is 20.3. The molecule has 22 nitrogen and oxygen atoms in total. The largest absolute Gasteiger partial charge is 0.416 e. The summed E-state index contributed by atoms with van der Waals surface area (Å²) in [5.74, 6) is -1.14. The lowest BCUT2D eigenvalue weighted by Gasteiger charge is -2.27. The molecule has 0 unspecified atom stereocenters. The summed E-state index contributed by atoms with van der Waals surface area (Å²) in [5, 5.41) is 13.0. The van der Waals surface area contributed by atoms with Crippen LogP contribution in [-0.4, -0.2) is 150 Å². The smallest absolute Gasteiger partial charge is 0.378 e. The number of nitrogens with one attached hydrogen (secondary N) is 3. The molecule has 0 saturated carbocycles. The highest BCUT2D eigenvalue weighted by Crippen LogP contribution is 2.30. The van der Waals surface area contributed by atoms with E-state index in [9.17, 15) is 40.7 Å². The molecule has 7 heterocycles. The van der Waals surface area contributed by atoms with Gasteiger partial charge in [0.2, 0.25) is 17.8 Å². The number of morpholine rings is 3. The molecule has 0 atom stereocenters. The lowest BCUT2D eigenvalue weighted by Crippen LogP contribution is -2.37. The average Bonchev–Trinajstić information content (AvgIpc) is 2.13. The number of alkyl halides is 3. The van der Waals surface area contributed by atoms with E-state index in [0.29, 0.717) is 100 Å². The molecule has 91 heavy (non-hydrogen) atoms. The maximum absolute atomic E-state index is 14.1. The quantitative estimate of drug-likeness (QED) is 0.0262. The number of halogens is 8. The summed E-state index contributed by atoms with van der Waals surface area (Å²) in [4.78, 5) is 70.6. The van der Waals surface area contributed by atoms with Crippen molar-refractivity contribution in [2.45, 2.75) is 52.1 Å². The molecule has 478 valence electrons. The molecule has 3 aliphatic rings. The number of hydrogen-bond acceptors (Lipinski definition) is 22. The van der Waals surface area contributed by atoms with Gasteiger partial charge in [0.05, 0.1) is 75.7 Å². The standard InChI is InChI=1S/C23H22ClFN6O2.C19H21ClFN5O2.C19H19F4N5O2/c1-15-4-2-6-18(24)17(15)12-21(32)20-7-3-5-16(28-20)13-27-30-23-26-14-19(25)22(29-23)31-8-10-33-11-9-31;1-13-3-2-4-16(20)15(13)11-14(27)5-6-23-25-19-22-12-17(21)18(24-19)26-7-9-28-10-8-26;20-16-12-24-18(26-17(16)28-6-8-30-9-7-28)27-25-5-4-15(29)11-13-2-1-3-14(10-13)19(21,22)23/h2-7,13-14H,8-12H2,1H3,(H,26,29,30);2-4,6,12H,5,7-11H2,1H3,(H,22,24,25);1-3,5,10,12H,4,6-9,11H2,(H,24,26,27)/b27-13+;23-6+;25-5+. The number of nitrogens with zero attached hydrogens (tertiary/aromatic N) is 13. The predicted octanol–water partition coefficient (Wildman–Crippen LogP) is 9.76. The molecule has 0 bridgehead atoms. The number of carbonyl (C=O) groups excluding carboxylic acids is 3. The maximum Gasteiger partial charge on any atom is 0.416 e. The third kappa shape index (κ3) is 20.7. The number of hydrogen-bond donors (Lipinski definition) is 3. The van der Waals surface area contributed by atoms with Gasteiger partial charge >= 0.3 is 6.18 Å². The molecule has 3 saturated heterocycles. The molecule has 7 aromatic rings. The number of carbonyl (C=O) groups is 3. The molecular weight excluding hydrogens is 1240 g/mol. The van der Waals surface area contributed by atoms with E-state index in [2.05, 4.69) is 66.5 Å². The van der Waals surface area contributed by atoms with Crippen molar-refractivity contribution in [2.24, 2.45) is 15.3 Å². The lowest BCUT2D eigenvalue weighted by molar-refractivity contribution is -0.137. The fraction of sp³-hybridized carbons (Fsp3) is 0.328. The van der Waals surface area contributed by atoms with Crippen LogP contribution in [0.4, 0.5) is 61.6 Å². The fourth-order valence-electron chi connectivity index (χ4n) is 9.02. The van der Waals surface area contributed by atoms with Gasteiger partial charge in [-0.15, -0.1) is 0 Å². The van der Waals surface area contributed by atoms with E-state index in [0.717, 1.165) is 53.0 Å². The van der Waals surface area contributed by atoms with Crippen LogP contribution in [0.15, 0.2) is 113 Å². The van der Waals surface area contributed by atoms with Crippen LogP contribution in [0.25, 0.3) is 0 Å². The topological polar surface area (TPSA) is 252 Å². The number of hydrazone groups is 3. The normalized spacial score (nSPS) is 14.4. The first-order chi connectivity index (χ1) is 43.9. The Bertz CT molecular complexity index is 3680. The number of pyridine rings is 1. The first-order valence-corrected chi connectivity index (χ1v) is 29.2. The Morgan fingerprint density at radius 3 is 1.42 bits per heavy atom. The third-order valence-corrected chi connectivity index (χ3v) is 14.5. The maximum atomic E-state index is 14.1. The molecule has 30 heteroatoms. The number of aromatic nitrogens is 7. The van der Waals surface area contributed by atoms with E-state index >= 15 is 0 Å². The molecule has 0 amide bonds. The van der Waals surface area contributed by atoms with Gasteiger partial charge in [0.1, 0.15) is 17.3 Å². The Morgan fingerprint density at radius 2 is 0.967 bits per heavy atom. The highest BCUT2D eigenvalue weighted by Gasteiger charge is 2.30. The van der Waals surface area contributed by atoms with Crippen molar-refractivity contribution in [3.05, 3.63) is 170 Å². The molecule has 3 aromatic carbocycles. The van der Waals surface area contributed by atoms with Gasteiger partial charge < -0.3 is 28.9 Å². The van der Waals surface area contributed by atoms with Crippen molar-refractivity contribution in [1.82, 2.24) is 34.9 Å². The number of anilines is 6. The SMILES string of the molecule is Cc1cccc(Cl)c1CC(=O)C/C=N/Nc1ncc(F)c(N2CCOCC2)n1.Cc1cccc(Cl)c1CC(=O)c1cccc(/C=N/Nc2ncc(F)c(N3CCOCC3)n2)n1.O=C(C/C=N/Nc1ncc(F)c(N2CCOCC2)n1)Cc1cccc(C(F)(F)F)c1. The van der Waals surface area contributed by atoms with Crippen LogP contribution in [0, 0.1) is 31.3 Å². The number of benzene rings is 3. The fourth-order valence-corrected chi connectivity index (χ4v) is 9.60. The molecule has 3 fully saturated rings. The van der Waals surface area contributed by atoms with E-state index in [4.69, 9.17) is 37.4 Å². The lowest BCUT2D eigenvalue weighted by atomic mass is 10.0. The van der Waals surface area contributed by atoms with Crippen LogP contribution >= 0.6 is 23.2 Å². The van der Waals surface area contributed by atoms with Gasteiger partial charge in [0.25, 0.3) is 0 Å². The van der Waals surface area contributed by atoms with Crippen molar-refractivity contribution < 1.29 is 54.9 Å². The van der Waals surface area contributed by atoms with Crippen LogP contribution in [0.3, 0.4) is 0 Å². The molecular formula is C61H62Cl2F6N16O6. The minimum absolute atomic E-state index is 0.0178. The minimum atomic E-state index is -4.46. The summed E-state index contributed by atoms with van der Waals surface area (Å²) < 4.78 is 96.1. The van der Waals surface area contributed by atoms with Crippen LogP contribution in [-0.2, 0) is 49.2 Å². The van der Waals surface area contributed by atoms with E-state index in [-0.39, 0.29) is 90.3 Å². The van der Waals surface area contributed by atoms with Gasteiger partial charge in [-0.3, -0.25) is 14.4 Å². The average molecular weight is 1300 g/mol. The van der Waals surface area contributed by atoms with E-state index in [1.807, 2.05) is 38.1 Å². The minimum Gasteiger partial charge on any atom is -0.378 e. The van der Waals surface area contributed by atoms with Crippen LogP contribution in [0.5, 0.6) is 0 Å². The number of Topliss-reactive ketones (excluding diaryl/α,β-unsaturated/α-hetero) is 3. The zero-order chi connectivity index (χ0) is 64.7. The van der Waals surface area contributed by atoms with Gasteiger partial charge in [0.15, 0.2) is 40.7 Å². The molecule has 3 aliphatic heterocycles. The Morgan fingerprint density at radius 1 is 0.549 bits per heavy atom. The van der Waals surface area contributed by atoms with Crippen molar-refractivity contribution in [2.75, 3.05) is 110 Å². The van der Waals surface area contributed by atoms with E-state index < -0.39 is 29.2 Å². The van der Waals surface area contributed by atoms with Gasteiger partial charge in [-0.1, -0.05) is 71.7 Å². The molecule has 0 radical (unpaired) electrons. The Labute approximate surface area is 529 Å². The third-order valence-electron chi connectivity index (χ3n) is 13.7. The summed E-state index contributed by atoms with van der Waals surface area (Å²) in [6, 6.07) is 20.8. The van der Waals surface area contributed by atoms with Crippen molar-refractivity contribution in [1.29, 1.82) is 0 Å². The number of rotatable bonds is 21. The summed E-state index contributed by atoms with van der Waals surface area (Å²) in [6.45, 7) is 10.1. The summed E-state index contributed by atoms with van der Waals surface area (Å²) >= 11 is 12.4. The Hall–Kier alpha value is -9.09. The van der Waals surface area contributed by atoms with Gasteiger partial charge in [0, 0.05) is 93.8 Å². The first kappa shape index (κ1) is 67.8. The molecule has 4 aromatic heterocycles. The van der Waals surface area contributed by atoms with Crippen LogP contribution in [0.2, 0.25) is 10.0 Å². The second kappa shape index (κ2) is 33.7. The zero-order valence-electron chi connectivity index (χ0n) is 49.3. The van der Waals surface area contributed by atoms with E-state index in [1.165, 1.54) is 30.8 Å². The Balaban J connectivity index is 0.000000177. The highest BCUT2D eigenvalue weighted by atomic mass is 35.5. The number of aryl methyl sites for hydroxylation is 2. The highest BCUT2D eigenvalue weighted by molar-refractivity contribution is 6.32. The van der Waals surface area contributed by atoms with Crippen molar-refractivity contribution >= 4 is 94.5 Å². The molecule has 3 N–H and O–H groups in total. The second-order valence-corrected chi connectivity index (χ2v) is 21.1. The van der Waals surface area contributed by atoms with Gasteiger partial charge in [-0.05, 0) is 72.0 Å². The summed E-state index contributed by atoms with van der Waals surface area (Å²) in [7, 11) is 0. The molecule has 0 aliphatic carbocycles. The Kier molecular flexibility index (Phi) is 25.1. The van der Waals surface area contributed by atoms with Crippen molar-refractivity contribution in [3.8, 4) is 0 Å². The van der Waals surface area contributed by atoms with Crippen LogP contribution in [0.1, 0.15) is 62.4 Å².